The molecule has 1 unspecified atom stereocenters. The lowest BCUT2D eigenvalue weighted by atomic mass is 9.71. The van der Waals surface area contributed by atoms with Crippen molar-refractivity contribution in [2.75, 3.05) is 10.6 Å². The molecule has 8 N–H and O–H groups in total. The molecule has 13 heterocycles. The molecular formula is C83H68F12N18O15. The van der Waals surface area contributed by atoms with Crippen LogP contribution in [0.3, 0.4) is 0 Å². The first-order valence-corrected chi connectivity index (χ1v) is 39.7. The number of anilines is 2. The van der Waals surface area contributed by atoms with Gasteiger partial charge in [0.25, 0.3) is 83.3 Å². The minimum atomic E-state index is -3.20. The van der Waals surface area contributed by atoms with Gasteiger partial charge in [-0.2, -0.15) is 15.4 Å². The summed E-state index contributed by atoms with van der Waals surface area (Å²) < 4.78 is 169. The largest absolute Gasteiger partial charge is 0.477 e. The minimum Gasteiger partial charge on any atom is -0.477 e. The lowest BCUT2D eigenvalue weighted by Crippen LogP contribution is -2.62. The van der Waals surface area contributed by atoms with Crippen LogP contribution < -0.4 is 31.4 Å². The number of hydrogen-bond acceptors (Lipinski definition) is 20. The van der Waals surface area contributed by atoms with E-state index in [0.29, 0.717) is 59.9 Å². The van der Waals surface area contributed by atoms with E-state index in [1.165, 1.54) is 33.2 Å². The van der Waals surface area contributed by atoms with Crippen molar-refractivity contribution in [2.45, 2.75) is 189 Å². The fourth-order valence-corrected chi connectivity index (χ4v) is 19.4. The maximum absolute atomic E-state index is 14.5. The number of halogens is 12. The topological polar surface area (TPSA) is 445 Å². The molecular weight excluding hydrogens is 1720 g/mol. The number of carboxylic acids is 2. The number of aromatic nitrogens is 13. The molecule has 9 aromatic rings. The molecule has 33 nitrogen and oxygen atoms in total. The van der Waals surface area contributed by atoms with E-state index in [9.17, 15) is 115 Å². The number of nitrogens with zero attached hydrogens (tertiary/aromatic N) is 12. The Hall–Kier alpha value is -14.2. The molecule has 9 aromatic heterocycles. The summed E-state index contributed by atoms with van der Waals surface area (Å²) >= 11 is 0. The molecule has 7 aliphatic carbocycles. The van der Waals surface area contributed by atoms with Gasteiger partial charge in [-0.1, -0.05) is 11.8 Å². The normalized spacial score (nSPS) is 22.2. The maximum atomic E-state index is 14.5. The first kappa shape index (κ1) is 86.0. The molecule has 0 saturated heterocycles. The number of pyridine rings is 3. The molecule has 11 aliphatic rings. The number of aromatic amines is 1. The zero-order valence-corrected chi connectivity index (χ0v) is 67.1. The van der Waals surface area contributed by atoms with Gasteiger partial charge in [0.1, 0.15) is 56.5 Å². The third-order valence-electron chi connectivity index (χ3n) is 25.4. The van der Waals surface area contributed by atoms with Gasteiger partial charge in [-0.25, -0.2) is 72.1 Å². The second-order valence-corrected chi connectivity index (χ2v) is 33.9. The average Bonchev–Trinajstić information content (AvgIpc) is 1.55. The summed E-state index contributed by atoms with van der Waals surface area (Å²) in [5.74, 6) is -19.2. The average molecular weight is 1790 g/mol. The van der Waals surface area contributed by atoms with Crippen LogP contribution in [0.25, 0.3) is 11.2 Å². The summed E-state index contributed by atoms with van der Waals surface area (Å²) in [7, 11) is 0. The lowest BCUT2D eigenvalue weighted by Gasteiger charge is -2.46. The Kier molecular flexibility index (Phi) is 20.3. The van der Waals surface area contributed by atoms with E-state index in [2.05, 4.69) is 79.1 Å². The molecule has 0 aromatic carbocycles. The number of ketones is 4. The highest BCUT2D eigenvalue weighted by Crippen LogP contribution is 2.59. The number of hydrogen-bond donors (Lipinski definition) is 8. The predicted molar refractivity (Wildman–Crippen MR) is 411 cm³/mol. The Labute approximate surface area is 711 Å². The zero-order chi connectivity index (χ0) is 91.9. The Balaban J connectivity index is 0.000000123. The second kappa shape index (κ2) is 30.3. The van der Waals surface area contributed by atoms with Crippen LogP contribution in [0.1, 0.15) is 247 Å². The van der Waals surface area contributed by atoms with E-state index in [4.69, 9.17) is 22.8 Å². The van der Waals surface area contributed by atoms with Gasteiger partial charge in [-0.15, -0.1) is 17.9 Å². The number of carboxylic acid groups (broad SMARTS) is 2. The maximum Gasteiger partial charge on any atom is 0.382 e. The van der Waals surface area contributed by atoms with Crippen molar-refractivity contribution in [1.82, 2.24) is 79.7 Å². The number of aromatic carboxylic acids is 1. The van der Waals surface area contributed by atoms with Gasteiger partial charge in [0.2, 0.25) is 5.65 Å². The SMILES string of the molecule is C#CC1(NC(=O)C(=O)c2c(C)c(C(=O)Nc3ccnc(C(F)F)c3F)n3c2C[C@H]2C[C@H]23)CC(F)(F)C1.C#CC1(NC(=O)C(=O)c2c(C)c(C(=O)On3nnc4cccnc43)n3c2C[C@H]2C[C@H]23)CC(F)(F)C1.Cc1c(C(=O)C(=O)NC2(c3cn[nH]n3)CC(F)(F)C2)c2n(c1C(=O)Nc1ccnc(C(F)F)c1F)[C@@H]1CC1C2.Cc1c(C(=O)C(=O)O)c2n(c1C(=O)O)[C@@H]1C[C@@H]1C2. The summed E-state index contributed by atoms with van der Waals surface area (Å²) in [4.78, 5) is 169. The number of fused-ring (bicyclic) bond motifs is 13. The molecule has 128 heavy (non-hydrogen) atoms. The van der Waals surface area contributed by atoms with Gasteiger partial charge in [0.15, 0.2) is 11.6 Å². The number of alkyl halides is 10. The van der Waals surface area contributed by atoms with Crippen LogP contribution >= 0.6 is 0 Å². The second-order valence-electron chi connectivity index (χ2n) is 33.9. The number of H-pyrrole nitrogens is 1. The molecule has 4 aliphatic heterocycles. The van der Waals surface area contributed by atoms with E-state index in [1.807, 2.05) is 0 Å². The van der Waals surface area contributed by atoms with E-state index >= 15 is 0 Å². The molecule has 7 saturated carbocycles. The van der Waals surface area contributed by atoms with Crippen LogP contribution in [0, 0.1) is 87.7 Å². The highest BCUT2D eigenvalue weighted by molar-refractivity contribution is 6.45. The number of rotatable bonds is 21. The van der Waals surface area contributed by atoms with Crippen LogP contribution in [0.5, 0.6) is 0 Å². The summed E-state index contributed by atoms with van der Waals surface area (Å²) in [5, 5.41) is 46.9. The highest BCUT2D eigenvalue weighted by atomic mass is 19.3. The van der Waals surface area contributed by atoms with Crippen molar-refractivity contribution in [1.29, 1.82) is 0 Å². The van der Waals surface area contributed by atoms with Gasteiger partial charge < -0.3 is 59.9 Å². The Morgan fingerprint density at radius 3 is 1.27 bits per heavy atom. The van der Waals surface area contributed by atoms with Gasteiger partial charge in [0, 0.05) is 104 Å². The number of nitrogens with one attached hydrogen (secondary N) is 6. The highest BCUT2D eigenvalue weighted by Gasteiger charge is 2.63. The third-order valence-corrected chi connectivity index (χ3v) is 25.4. The van der Waals surface area contributed by atoms with Crippen molar-refractivity contribution in [2.24, 2.45) is 23.7 Å². The number of aliphatic carboxylic acids is 1. The van der Waals surface area contributed by atoms with E-state index in [-0.39, 0.29) is 121 Å². The smallest absolute Gasteiger partial charge is 0.382 e. The summed E-state index contributed by atoms with van der Waals surface area (Å²) in [6, 6.07) is 5.31. The van der Waals surface area contributed by atoms with Crippen LogP contribution in [-0.4, -0.2) is 173 Å². The first-order valence-electron chi connectivity index (χ1n) is 39.7. The fraction of sp³-hybridized carbons (Fsp3) is 0.410. The third kappa shape index (κ3) is 14.5. The Morgan fingerprint density at radius 2 is 0.898 bits per heavy atom. The standard InChI is InChI=1S/C24H20F5N7O3.C24H19F5N4O3.C23H18F2N6O4.C12H11NO5/c1-9-15(19(37)22(39)33-23(7-24(28,29)8-23)14-6-31-35-34-14)13-5-10-4-12(10)36(13)18(9)21(38)32-11-2-3-30-17(16(11)25)20(26)27;1-3-23(8-24(28,29)9-23)32-22(36)19(34)15-10(2)18(33-13-6-11(13)7-14(15)33)21(35)31-12-4-5-30-17(16(12)25)20(26)27;1-3-22(9-23(24,25)10-22)27-20(33)18(32)16-11(2)17(30-14-7-12(14)8-15(16)30)21(34)35-31-19-13(28-29-31)5-4-6-26-19;1-4-8(10(14)12(17)18)7-3-5-2-6(5)13(7)9(4)11(15)16/h2-3,6,10,12,20H,4-5,7-8H2,1H3,(H,33,39)(H,30,32,38)(H,31,34,35);1,4-5,11,13,20H,6-9H2,2H3,(H,32,36)(H,30,31,35);1,4-6,12,14H,7-10H2,2H3,(H,27,33);5-6H,2-3H2,1H3,(H,15,16)(H,17,18)/t10?,12-;11-,13-;12-,14-;5-,6-/m1111/s1. The molecule has 20 rings (SSSR count). The zero-order valence-electron chi connectivity index (χ0n) is 67.1. The van der Waals surface area contributed by atoms with Crippen molar-refractivity contribution in [3.8, 4) is 24.7 Å². The van der Waals surface area contributed by atoms with E-state index in [0.717, 1.165) is 55.1 Å². The molecule has 8 atom stereocenters. The van der Waals surface area contributed by atoms with Crippen LogP contribution in [0.15, 0.2) is 49.1 Å². The predicted octanol–water partition coefficient (Wildman–Crippen LogP) is 9.42. The van der Waals surface area contributed by atoms with E-state index < -0.39 is 191 Å². The number of terminal acetylenes is 2. The summed E-state index contributed by atoms with van der Waals surface area (Å²) in [6.45, 7) is 5.92. The lowest BCUT2D eigenvalue weighted by molar-refractivity contribution is -0.148. The van der Waals surface area contributed by atoms with Gasteiger partial charge in [-0.3, -0.25) is 53.1 Å². The molecule has 0 spiro atoms. The Bertz CT molecular complexity index is 6500. The quantitative estimate of drug-likeness (QED) is 0.0109. The monoisotopic (exact) mass is 1780 g/mol. The number of carbonyl (C=O) groups excluding carboxylic acids is 10. The Morgan fingerprint density at radius 1 is 0.516 bits per heavy atom. The molecule has 664 valence electrons. The number of Topliss-reactive ketones (excluding diaryl/α,β-unsaturated/α-hetero) is 4. The van der Waals surface area contributed by atoms with Crippen LogP contribution in [0.4, 0.5) is 64.1 Å². The van der Waals surface area contributed by atoms with Crippen LogP contribution in [0.2, 0.25) is 0 Å². The van der Waals surface area contributed by atoms with Crippen molar-refractivity contribution >= 4 is 93.1 Å². The number of amides is 5. The molecule has 7 fully saturated rings. The molecule has 5 amide bonds. The minimum absolute atomic E-state index is 0.0113. The van der Waals surface area contributed by atoms with Crippen LogP contribution in [-0.2, 0) is 50.4 Å². The molecule has 0 bridgehead atoms. The van der Waals surface area contributed by atoms with Gasteiger partial charge >= 0.3 is 17.9 Å². The first-order chi connectivity index (χ1) is 60.4. The summed E-state index contributed by atoms with van der Waals surface area (Å²) in [6.07, 6.45) is 9.41. The fourth-order valence-electron chi connectivity index (χ4n) is 19.4. The van der Waals surface area contributed by atoms with Crippen molar-refractivity contribution in [3.63, 3.8) is 0 Å². The molecule has 0 radical (unpaired) electrons. The molecule has 45 heteroatoms. The van der Waals surface area contributed by atoms with Crippen molar-refractivity contribution < 1.29 is 125 Å². The summed E-state index contributed by atoms with van der Waals surface area (Å²) in [5.41, 5.74) is -4.36. The van der Waals surface area contributed by atoms with Crippen molar-refractivity contribution in [3.05, 3.63) is 168 Å². The van der Waals surface area contributed by atoms with E-state index in [1.54, 1.807) is 37.3 Å². The van der Waals surface area contributed by atoms with Gasteiger partial charge in [-0.05, 0) is 159 Å². The number of carbonyl (C=O) groups is 12. The van der Waals surface area contributed by atoms with Gasteiger partial charge in [0.05, 0.1) is 45.4 Å².